The highest BCUT2D eigenvalue weighted by Crippen LogP contribution is 2.35. The fourth-order valence-corrected chi connectivity index (χ4v) is 2.35. The van der Waals surface area contributed by atoms with Crippen molar-refractivity contribution in [3.8, 4) is 0 Å². The van der Waals surface area contributed by atoms with Gasteiger partial charge in [0.15, 0.2) is 0 Å². The van der Waals surface area contributed by atoms with Crippen LogP contribution in [0.4, 0.5) is 0 Å². The van der Waals surface area contributed by atoms with E-state index >= 15 is 0 Å². The minimum Gasteiger partial charge on any atom is -0.329 e. The highest BCUT2D eigenvalue weighted by Gasteiger charge is 2.34. The largest absolute Gasteiger partial charge is 0.329 e. The van der Waals surface area contributed by atoms with Crippen LogP contribution in [0.3, 0.4) is 0 Å². The minimum atomic E-state index is 0.628. The Labute approximate surface area is 88.8 Å². The molecule has 0 bridgehead atoms. The van der Waals surface area contributed by atoms with E-state index in [4.69, 9.17) is 5.73 Å². The van der Waals surface area contributed by atoms with E-state index in [1.807, 2.05) is 0 Å². The van der Waals surface area contributed by atoms with E-state index in [2.05, 4.69) is 32.7 Å². The molecule has 1 aliphatic rings. The Bertz CT molecular complexity index is 164. The van der Waals surface area contributed by atoms with E-state index in [-0.39, 0.29) is 0 Å². The van der Waals surface area contributed by atoms with Crippen LogP contribution in [0, 0.1) is 11.8 Å². The van der Waals surface area contributed by atoms with Gasteiger partial charge >= 0.3 is 0 Å². The zero-order valence-electron chi connectivity index (χ0n) is 10.2. The van der Waals surface area contributed by atoms with Gasteiger partial charge in [0.25, 0.3) is 0 Å². The van der Waals surface area contributed by atoms with Crippen LogP contribution in [0.5, 0.6) is 0 Å². The summed E-state index contributed by atoms with van der Waals surface area (Å²) in [5.41, 5.74) is 5.84. The van der Waals surface area contributed by atoms with Gasteiger partial charge in [-0.05, 0) is 45.1 Å². The van der Waals surface area contributed by atoms with Gasteiger partial charge in [0.1, 0.15) is 0 Å². The van der Waals surface area contributed by atoms with E-state index in [1.165, 1.54) is 19.3 Å². The van der Waals surface area contributed by atoms with Crippen molar-refractivity contribution >= 4 is 0 Å². The summed E-state index contributed by atoms with van der Waals surface area (Å²) in [6, 6.07) is 1.30. The quantitative estimate of drug-likeness (QED) is 0.708. The van der Waals surface area contributed by atoms with Crippen molar-refractivity contribution in [3.05, 3.63) is 0 Å². The Morgan fingerprint density at radius 2 is 1.86 bits per heavy atom. The Morgan fingerprint density at radius 1 is 1.29 bits per heavy atom. The van der Waals surface area contributed by atoms with Crippen molar-refractivity contribution in [1.82, 2.24) is 4.90 Å². The van der Waals surface area contributed by atoms with E-state index < -0.39 is 0 Å². The molecule has 2 heteroatoms. The first-order valence-electron chi connectivity index (χ1n) is 5.98. The Balaban J connectivity index is 2.39. The van der Waals surface area contributed by atoms with Gasteiger partial charge in [0.05, 0.1) is 0 Å². The molecule has 2 unspecified atom stereocenters. The molecule has 1 fully saturated rings. The maximum atomic E-state index is 5.84. The summed E-state index contributed by atoms with van der Waals surface area (Å²) in [5, 5.41) is 0. The van der Waals surface area contributed by atoms with Crippen LogP contribution in [-0.4, -0.2) is 30.6 Å². The summed E-state index contributed by atoms with van der Waals surface area (Å²) >= 11 is 0. The second kappa shape index (κ2) is 5.13. The molecule has 1 aliphatic carbocycles. The number of nitrogens with zero attached hydrogens (tertiary/aromatic N) is 1. The number of hydrogen-bond donors (Lipinski definition) is 1. The summed E-state index contributed by atoms with van der Waals surface area (Å²) in [6.07, 6.45) is 4.06. The lowest BCUT2D eigenvalue weighted by atomic mass is 10.0. The molecule has 0 saturated heterocycles. The molecule has 0 aromatic heterocycles. The molecule has 0 aromatic carbocycles. The average molecular weight is 198 g/mol. The van der Waals surface area contributed by atoms with Crippen molar-refractivity contribution in [2.24, 2.45) is 17.6 Å². The second-order valence-corrected chi connectivity index (χ2v) is 5.28. The summed E-state index contributed by atoms with van der Waals surface area (Å²) in [7, 11) is 2.24. The SMILES string of the molecule is CC(C)CC(C)N(C)C(CN)C1CC1. The van der Waals surface area contributed by atoms with Crippen molar-refractivity contribution in [2.45, 2.75) is 52.1 Å². The highest BCUT2D eigenvalue weighted by molar-refractivity contribution is 4.89. The van der Waals surface area contributed by atoms with Crippen LogP contribution in [0.1, 0.15) is 40.0 Å². The topological polar surface area (TPSA) is 29.3 Å². The summed E-state index contributed by atoms with van der Waals surface area (Å²) in [5.74, 6) is 1.67. The van der Waals surface area contributed by atoms with Gasteiger partial charge in [-0.25, -0.2) is 0 Å². The predicted octanol–water partition coefficient (Wildman–Crippen LogP) is 2.09. The van der Waals surface area contributed by atoms with Gasteiger partial charge in [-0.3, -0.25) is 4.90 Å². The van der Waals surface area contributed by atoms with Crippen LogP contribution >= 0.6 is 0 Å². The molecule has 0 heterocycles. The maximum absolute atomic E-state index is 5.84. The molecular formula is C12H26N2. The van der Waals surface area contributed by atoms with Crippen LogP contribution in [0.2, 0.25) is 0 Å². The maximum Gasteiger partial charge on any atom is 0.0246 e. The van der Waals surface area contributed by atoms with Crippen LogP contribution < -0.4 is 5.73 Å². The predicted molar refractivity (Wildman–Crippen MR) is 62.2 cm³/mol. The molecule has 2 N–H and O–H groups in total. The van der Waals surface area contributed by atoms with E-state index in [9.17, 15) is 0 Å². The number of hydrogen-bond acceptors (Lipinski definition) is 2. The molecule has 84 valence electrons. The van der Waals surface area contributed by atoms with Crippen LogP contribution in [-0.2, 0) is 0 Å². The van der Waals surface area contributed by atoms with E-state index in [0.717, 1.165) is 18.4 Å². The Kier molecular flexibility index (Phi) is 4.39. The molecule has 2 nitrogen and oxygen atoms in total. The summed E-state index contributed by atoms with van der Waals surface area (Å²) in [6.45, 7) is 7.73. The van der Waals surface area contributed by atoms with Crippen molar-refractivity contribution in [3.63, 3.8) is 0 Å². The third-order valence-electron chi connectivity index (χ3n) is 3.44. The summed E-state index contributed by atoms with van der Waals surface area (Å²) in [4.78, 5) is 2.50. The lowest BCUT2D eigenvalue weighted by molar-refractivity contribution is 0.152. The molecule has 14 heavy (non-hydrogen) atoms. The standard InChI is InChI=1S/C12H26N2/c1-9(2)7-10(3)14(4)12(8-13)11-5-6-11/h9-12H,5-8,13H2,1-4H3. The average Bonchev–Trinajstić information content (AvgIpc) is 2.88. The van der Waals surface area contributed by atoms with Gasteiger partial charge in [0.2, 0.25) is 0 Å². The van der Waals surface area contributed by atoms with Gasteiger partial charge in [0, 0.05) is 18.6 Å². The fourth-order valence-electron chi connectivity index (χ4n) is 2.35. The fraction of sp³-hybridized carbons (Fsp3) is 1.00. The molecule has 0 aromatic rings. The molecule has 0 spiro atoms. The molecular weight excluding hydrogens is 172 g/mol. The van der Waals surface area contributed by atoms with Gasteiger partial charge < -0.3 is 5.73 Å². The first-order valence-corrected chi connectivity index (χ1v) is 5.98. The highest BCUT2D eigenvalue weighted by atomic mass is 15.2. The first-order chi connectivity index (χ1) is 6.56. The van der Waals surface area contributed by atoms with E-state index in [0.29, 0.717) is 12.1 Å². The Hall–Kier alpha value is -0.0800. The number of nitrogens with two attached hydrogens (primary N) is 1. The third kappa shape index (κ3) is 3.25. The van der Waals surface area contributed by atoms with Crippen LogP contribution in [0.25, 0.3) is 0 Å². The first kappa shape index (κ1) is 12.0. The third-order valence-corrected chi connectivity index (χ3v) is 3.44. The van der Waals surface area contributed by atoms with Gasteiger partial charge in [-0.2, -0.15) is 0 Å². The lowest BCUT2D eigenvalue weighted by Gasteiger charge is -2.33. The molecule has 0 aliphatic heterocycles. The zero-order valence-corrected chi connectivity index (χ0v) is 10.2. The lowest BCUT2D eigenvalue weighted by Crippen LogP contribution is -2.44. The van der Waals surface area contributed by atoms with E-state index in [1.54, 1.807) is 0 Å². The second-order valence-electron chi connectivity index (χ2n) is 5.28. The normalized spacial score (nSPS) is 21.6. The van der Waals surface area contributed by atoms with Crippen molar-refractivity contribution in [2.75, 3.05) is 13.6 Å². The smallest absolute Gasteiger partial charge is 0.0246 e. The molecule has 1 saturated carbocycles. The van der Waals surface area contributed by atoms with Crippen molar-refractivity contribution < 1.29 is 0 Å². The molecule has 0 amide bonds. The Morgan fingerprint density at radius 3 is 2.21 bits per heavy atom. The van der Waals surface area contributed by atoms with Gasteiger partial charge in [-0.15, -0.1) is 0 Å². The van der Waals surface area contributed by atoms with Crippen molar-refractivity contribution in [1.29, 1.82) is 0 Å². The number of likely N-dealkylation sites (N-methyl/N-ethyl adjacent to an activating group) is 1. The van der Waals surface area contributed by atoms with Crippen LogP contribution in [0.15, 0.2) is 0 Å². The molecule has 2 atom stereocenters. The molecule has 0 radical (unpaired) electrons. The van der Waals surface area contributed by atoms with Gasteiger partial charge in [-0.1, -0.05) is 13.8 Å². The zero-order chi connectivity index (χ0) is 10.7. The minimum absolute atomic E-state index is 0.628. The number of rotatable bonds is 6. The monoisotopic (exact) mass is 198 g/mol. The molecule has 1 rings (SSSR count). The summed E-state index contributed by atoms with van der Waals surface area (Å²) < 4.78 is 0.